The molecule has 0 amide bonds. The van der Waals surface area contributed by atoms with Gasteiger partial charge in [0.2, 0.25) is 10.0 Å². The summed E-state index contributed by atoms with van der Waals surface area (Å²) in [5.74, 6) is 1.44. The lowest BCUT2D eigenvalue weighted by Gasteiger charge is -2.26. The summed E-state index contributed by atoms with van der Waals surface area (Å²) in [6, 6.07) is 13.3. The zero-order valence-corrected chi connectivity index (χ0v) is 17.8. The van der Waals surface area contributed by atoms with Gasteiger partial charge in [-0.25, -0.2) is 8.42 Å². The van der Waals surface area contributed by atoms with Crippen LogP contribution in [0.25, 0.3) is 0 Å². The van der Waals surface area contributed by atoms with Crippen molar-refractivity contribution in [3.63, 3.8) is 0 Å². The fourth-order valence-corrected chi connectivity index (χ4v) is 3.81. The highest BCUT2D eigenvalue weighted by Gasteiger charge is 2.16. The molecule has 2 aromatic carbocycles. The number of anilines is 1. The maximum absolute atomic E-state index is 11.3. The lowest BCUT2D eigenvalue weighted by molar-refractivity contribution is 0.265. The molecule has 0 atom stereocenters. The highest BCUT2D eigenvalue weighted by atomic mass is 32.2. The minimum absolute atomic E-state index is 0.556. The molecule has 1 N–H and O–H groups in total. The van der Waals surface area contributed by atoms with E-state index in [9.17, 15) is 8.42 Å². The van der Waals surface area contributed by atoms with Crippen LogP contribution in [0, 0.1) is 0 Å². The first-order chi connectivity index (χ1) is 13.9. The van der Waals surface area contributed by atoms with Crippen LogP contribution < -0.4 is 14.2 Å². The number of hydrogen-bond acceptors (Lipinski definition) is 6. The maximum Gasteiger partial charge on any atom is 0.229 e. The number of hydrogen-bond donors (Lipinski definition) is 1. The summed E-state index contributed by atoms with van der Waals surface area (Å²) in [6.07, 6.45) is 3.06. The minimum atomic E-state index is -3.27. The van der Waals surface area contributed by atoms with Crippen LogP contribution in [0.3, 0.4) is 0 Å². The number of benzene rings is 2. The molecule has 8 heteroatoms. The van der Waals surface area contributed by atoms with E-state index in [1.165, 1.54) is 0 Å². The van der Waals surface area contributed by atoms with Gasteiger partial charge in [0.1, 0.15) is 0 Å². The summed E-state index contributed by atoms with van der Waals surface area (Å²) in [7, 11) is -1.64. The van der Waals surface area contributed by atoms with Gasteiger partial charge >= 0.3 is 0 Å². The van der Waals surface area contributed by atoms with Crippen molar-refractivity contribution in [1.82, 2.24) is 5.01 Å². The summed E-state index contributed by atoms with van der Waals surface area (Å²) < 4.78 is 36.2. The van der Waals surface area contributed by atoms with Gasteiger partial charge < -0.3 is 9.47 Å². The Bertz CT molecular complexity index is 972. The van der Waals surface area contributed by atoms with Crippen LogP contribution in [-0.2, 0) is 16.6 Å². The lowest BCUT2D eigenvalue weighted by atomic mass is 10.0. The predicted molar refractivity (Wildman–Crippen MR) is 115 cm³/mol. The van der Waals surface area contributed by atoms with Crippen LogP contribution in [-0.4, -0.2) is 45.7 Å². The van der Waals surface area contributed by atoms with Crippen LogP contribution in [0.15, 0.2) is 47.6 Å². The van der Waals surface area contributed by atoms with Gasteiger partial charge in [-0.3, -0.25) is 9.73 Å². The second-order valence-electron chi connectivity index (χ2n) is 6.91. The van der Waals surface area contributed by atoms with E-state index in [4.69, 9.17) is 14.6 Å². The Morgan fingerprint density at radius 1 is 1.14 bits per heavy atom. The monoisotopic (exact) mass is 417 g/mol. The van der Waals surface area contributed by atoms with E-state index in [0.29, 0.717) is 24.6 Å². The van der Waals surface area contributed by atoms with E-state index in [2.05, 4.69) is 4.72 Å². The number of sulfonamides is 1. The quantitative estimate of drug-likeness (QED) is 0.711. The first kappa shape index (κ1) is 21.0. The van der Waals surface area contributed by atoms with Crippen molar-refractivity contribution < 1.29 is 17.9 Å². The Labute approximate surface area is 172 Å². The second kappa shape index (κ2) is 9.17. The molecular formula is C21H27N3O4S. The van der Waals surface area contributed by atoms with E-state index in [-0.39, 0.29) is 0 Å². The average molecular weight is 418 g/mol. The van der Waals surface area contributed by atoms with Crippen molar-refractivity contribution in [2.75, 3.05) is 31.2 Å². The fourth-order valence-electron chi connectivity index (χ4n) is 3.24. The summed E-state index contributed by atoms with van der Waals surface area (Å²) >= 11 is 0. The number of rotatable bonds is 8. The SMILES string of the molecule is CCOc1cc(C2=NN(Cc3ccc(NS(C)(=O)=O)cc3)CCC2)ccc1OC. The van der Waals surface area contributed by atoms with Crippen molar-refractivity contribution in [2.24, 2.45) is 5.10 Å². The molecule has 0 aliphatic carbocycles. The van der Waals surface area contributed by atoms with E-state index in [1.54, 1.807) is 19.2 Å². The van der Waals surface area contributed by atoms with E-state index in [1.807, 2.05) is 42.3 Å². The van der Waals surface area contributed by atoms with Crippen molar-refractivity contribution in [2.45, 2.75) is 26.3 Å². The van der Waals surface area contributed by atoms with E-state index < -0.39 is 10.0 Å². The molecule has 1 aliphatic rings. The van der Waals surface area contributed by atoms with Crippen LogP contribution in [0.2, 0.25) is 0 Å². The van der Waals surface area contributed by atoms with E-state index >= 15 is 0 Å². The first-order valence-electron chi connectivity index (χ1n) is 9.58. The predicted octanol–water partition coefficient (Wildman–Crippen LogP) is 3.47. The minimum Gasteiger partial charge on any atom is -0.493 e. The van der Waals surface area contributed by atoms with Crippen molar-refractivity contribution in [3.05, 3.63) is 53.6 Å². The smallest absolute Gasteiger partial charge is 0.229 e. The standard InChI is InChI=1S/C21H27N3O4S/c1-4-28-21-14-17(9-12-20(21)27-2)19-6-5-13-24(22-19)15-16-7-10-18(11-8-16)23-29(3,25)26/h7-12,14,23H,4-6,13,15H2,1-3H3. The summed E-state index contributed by atoms with van der Waals surface area (Å²) in [4.78, 5) is 0. The molecule has 156 valence electrons. The largest absolute Gasteiger partial charge is 0.493 e. The molecule has 29 heavy (non-hydrogen) atoms. The zero-order valence-electron chi connectivity index (χ0n) is 17.0. The highest BCUT2D eigenvalue weighted by Crippen LogP contribution is 2.29. The molecule has 0 bridgehead atoms. The molecular weight excluding hydrogens is 390 g/mol. The van der Waals surface area contributed by atoms with Crippen LogP contribution in [0.5, 0.6) is 11.5 Å². The summed E-state index contributed by atoms with van der Waals surface area (Å²) in [5.41, 5.74) is 3.68. The molecule has 0 aromatic heterocycles. The van der Waals surface area contributed by atoms with Crippen LogP contribution >= 0.6 is 0 Å². The number of hydrazone groups is 1. The fraction of sp³-hybridized carbons (Fsp3) is 0.381. The molecule has 0 saturated carbocycles. The van der Waals surface area contributed by atoms with Gasteiger partial charge in [-0.1, -0.05) is 12.1 Å². The molecule has 0 spiro atoms. The summed E-state index contributed by atoms with van der Waals surface area (Å²) in [6.45, 7) is 4.06. The van der Waals surface area contributed by atoms with Crippen molar-refractivity contribution in [3.8, 4) is 11.5 Å². The third kappa shape index (κ3) is 5.87. The zero-order chi connectivity index (χ0) is 20.9. The Hall–Kier alpha value is -2.74. The molecule has 0 saturated heterocycles. The first-order valence-corrected chi connectivity index (χ1v) is 11.5. The van der Waals surface area contributed by atoms with Crippen LogP contribution in [0.4, 0.5) is 5.69 Å². The van der Waals surface area contributed by atoms with Gasteiger partial charge in [0.25, 0.3) is 0 Å². The molecule has 0 radical (unpaired) electrons. The molecule has 0 unspecified atom stereocenters. The van der Waals surface area contributed by atoms with E-state index in [0.717, 1.165) is 48.2 Å². The topological polar surface area (TPSA) is 80.2 Å². The van der Waals surface area contributed by atoms with Gasteiger partial charge in [0.05, 0.1) is 32.2 Å². The maximum atomic E-state index is 11.3. The van der Waals surface area contributed by atoms with Crippen molar-refractivity contribution in [1.29, 1.82) is 0 Å². The molecule has 2 aromatic rings. The third-order valence-corrected chi connectivity index (χ3v) is 5.12. The average Bonchev–Trinajstić information content (AvgIpc) is 2.69. The molecule has 3 rings (SSSR count). The lowest BCUT2D eigenvalue weighted by Crippen LogP contribution is -2.26. The van der Waals surface area contributed by atoms with Crippen molar-refractivity contribution >= 4 is 21.4 Å². The Morgan fingerprint density at radius 2 is 1.90 bits per heavy atom. The molecule has 1 heterocycles. The Morgan fingerprint density at radius 3 is 2.55 bits per heavy atom. The summed E-state index contributed by atoms with van der Waals surface area (Å²) in [5, 5.41) is 6.87. The number of methoxy groups -OCH3 is 1. The Balaban J connectivity index is 1.74. The molecule has 1 aliphatic heterocycles. The Kier molecular flexibility index (Phi) is 6.64. The molecule has 0 fully saturated rings. The van der Waals surface area contributed by atoms with Gasteiger partial charge in [0, 0.05) is 17.8 Å². The normalized spacial score (nSPS) is 14.3. The number of nitrogens with zero attached hydrogens (tertiary/aromatic N) is 2. The van der Waals surface area contributed by atoms with Crippen LogP contribution in [0.1, 0.15) is 30.9 Å². The third-order valence-electron chi connectivity index (χ3n) is 4.51. The highest BCUT2D eigenvalue weighted by molar-refractivity contribution is 7.92. The van der Waals surface area contributed by atoms with Gasteiger partial charge in [0.15, 0.2) is 11.5 Å². The number of ether oxygens (including phenoxy) is 2. The number of nitrogens with one attached hydrogen (secondary N) is 1. The van der Waals surface area contributed by atoms with Gasteiger partial charge in [-0.05, 0) is 55.7 Å². The molecule has 7 nitrogen and oxygen atoms in total. The van der Waals surface area contributed by atoms with Gasteiger partial charge in [-0.15, -0.1) is 0 Å². The van der Waals surface area contributed by atoms with Gasteiger partial charge in [-0.2, -0.15) is 5.10 Å². The second-order valence-corrected chi connectivity index (χ2v) is 8.66.